The molecule has 4 nitrogen and oxygen atoms in total. The van der Waals surface area contributed by atoms with Crippen LogP contribution in [0.2, 0.25) is 0 Å². The van der Waals surface area contributed by atoms with Gasteiger partial charge in [0, 0.05) is 7.11 Å². The van der Waals surface area contributed by atoms with Gasteiger partial charge in [-0.2, -0.15) is 0 Å². The Morgan fingerprint density at radius 3 is 2.67 bits per heavy atom. The number of methoxy groups -OCH3 is 1. The summed E-state index contributed by atoms with van der Waals surface area (Å²) in [7, 11) is 1.65. The molecule has 0 fully saturated rings. The Morgan fingerprint density at radius 2 is 1.94 bits per heavy atom. The third-order valence-corrected chi connectivity index (χ3v) is 2.56. The number of hydrogen-bond acceptors (Lipinski definition) is 4. The SMILES string of the molecule is COCCOc1ccccc1-c1ccc(CN)o1. The maximum atomic E-state index is 5.66. The molecule has 0 saturated heterocycles. The van der Waals surface area contributed by atoms with Gasteiger partial charge in [0.05, 0.1) is 18.7 Å². The number of nitrogens with two attached hydrogens (primary N) is 1. The van der Waals surface area contributed by atoms with Crippen molar-refractivity contribution in [3.05, 3.63) is 42.2 Å². The Morgan fingerprint density at radius 1 is 1.11 bits per heavy atom. The summed E-state index contributed by atoms with van der Waals surface area (Å²) in [5.74, 6) is 2.31. The highest BCUT2D eigenvalue weighted by Gasteiger charge is 2.09. The summed E-state index contributed by atoms with van der Waals surface area (Å²) in [6.07, 6.45) is 0. The van der Waals surface area contributed by atoms with Crippen LogP contribution >= 0.6 is 0 Å². The molecule has 0 aliphatic carbocycles. The molecular weight excluding hydrogens is 230 g/mol. The molecule has 0 aliphatic heterocycles. The van der Waals surface area contributed by atoms with Crippen molar-refractivity contribution in [2.24, 2.45) is 5.73 Å². The van der Waals surface area contributed by atoms with Crippen molar-refractivity contribution in [2.45, 2.75) is 6.54 Å². The van der Waals surface area contributed by atoms with Crippen LogP contribution in [0.5, 0.6) is 5.75 Å². The van der Waals surface area contributed by atoms with E-state index in [1.165, 1.54) is 0 Å². The minimum absolute atomic E-state index is 0.396. The first-order chi connectivity index (χ1) is 8.85. The Bertz CT molecular complexity index is 493. The monoisotopic (exact) mass is 247 g/mol. The molecule has 0 saturated carbocycles. The third kappa shape index (κ3) is 2.91. The van der Waals surface area contributed by atoms with E-state index in [0.717, 1.165) is 22.8 Å². The van der Waals surface area contributed by atoms with E-state index in [4.69, 9.17) is 19.6 Å². The number of rotatable bonds is 6. The minimum atomic E-state index is 0.396. The standard InChI is InChI=1S/C14H17NO3/c1-16-8-9-17-13-5-3-2-4-12(13)14-7-6-11(10-15)18-14/h2-7H,8-10,15H2,1H3. The maximum Gasteiger partial charge on any atom is 0.138 e. The van der Waals surface area contributed by atoms with Crippen molar-refractivity contribution in [1.82, 2.24) is 0 Å². The van der Waals surface area contributed by atoms with Gasteiger partial charge in [0.25, 0.3) is 0 Å². The van der Waals surface area contributed by atoms with Crippen molar-refractivity contribution in [1.29, 1.82) is 0 Å². The summed E-state index contributed by atoms with van der Waals surface area (Å²) in [5, 5.41) is 0. The quantitative estimate of drug-likeness (QED) is 0.796. The van der Waals surface area contributed by atoms with Crippen molar-refractivity contribution in [2.75, 3.05) is 20.3 Å². The highest BCUT2D eigenvalue weighted by molar-refractivity contribution is 5.65. The van der Waals surface area contributed by atoms with Gasteiger partial charge in [-0.3, -0.25) is 0 Å². The molecular formula is C14H17NO3. The van der Waals surface area contributed by atoms with Crippen LogP contribution in [-0.4, -0.2) is 20.3 Å². The van der Waals surface area contributed by atoms with Crippen LogP contribution in [0.25, 0.3) is 11.3 Å². The first kappa shape index (κ1) is 12.7. The smallest absolute Gasteiger partial charge is 0.138 e. The summed E-state index contributed by atoms with van der Waals surface area (Å²) in [6.45, 7) is 1.46. The van der Waals surface area contributed by atoms with E-state index in [1.807, 2.05) is 36.4 Å². The van der Waals surface area contributed by atoms with E-state index < -0.39 is 0 Å². The molecule has 1 heterocycles. The van der Waals surface area contributed by atoms with E-state index >= 15 is 0 Å². The molecule has 18 heavy (non-hydrogen) atoms. The zero-order chi connectivity index (χ0) is 12.8. The van der Waals surface area contributed by atoms with Gasteiger partial charge in [-0.05, 0) is 24.3 Å². The lowest BCUT2D eigenvalue weighted by Crippen LogP contribution is -2.04. The topological polar surface area (TPSA) is 57.6 Å². The van der Waals surface area contributed by atoms with Gasteiger partial charge in [0.1, 0.15) is 23.9 Å². The van der Waals surface area contributed by atoms with E-state index in [2.05, 4.69) is 0 Å². The minimum Gasteiger partial charge on any atom is -0.490 e. The molecule has 2 N–H and O–H groups in total. The van der Waals surface area contributed by atoms with Crippen molar-refractivity contribution >= 4 is 0 Å². The molecule has 0 unspecified atom stereocenters. The molecule has 0 spiro atoms. The van der Waals surface area contributed by atoms with Crippen LogP contribution in [0.3, 0.4) is 0 Å². The molecule has 0 aliphatic rings. The molecule has 4 heteroatoms. The van der Waals surface area contributed by atoms with Gasteiger partial charge in [-0.15, -0.1) is 0 Å². The Balaban J connectivity index is 2.20. The number of para-hydroxylation sites is 1. The highest BCUT2D eigenvalue weighted by atomic mass is 16.5. The van der Waals surface area contributed by atoms with Crippen molar-refractivity contribution < 1.29 is 13.9 Å². The van der Waals surface area contributed by atoms with Gasteiger partial charge in [-0.25, -0.2) is 0 Å². The lowest BCUT2D eigenvalue weighted by molar-refractivity contribution is 0.146. The molecule has 1 aromatic heterocycles. The zero-order valence-corrected chi connectivity index (χ0v) is 10.4. The van der Waals surface area contributed by atoms with Gasteiger partial charge >= 0.3 is 0 Å². The average Bonchev–Trinajstić information content (AvgIpc) is 2.88. The van der Waals surface area contributed by atoms with Gasteiger partial charge in [-0.1, -0.05) is 12.1 Å². The van der Waals surface area contributed by atoms with Crippen molar-refractivity contribution in [3.63, 3.8) is 0 Å². The second-order valence-corrected chi connectivity index (χ2v) is 3.81. The number of benzene rings is 1. The molecule has 2 aromatic rings. The number of hydrogen-bond donors (Lipinski definition) is 1. The van der Waals surface area contributed by atoms with Crippen LogP contribution in [0.1, 0.15) is 5.76 Å². The van der Waals surface area contributed by atoms with E-state index in [-0.39, 0.29) is 0 Å². The summed E-state index contributed by atoms with van der Waals surface area (Å²) in [6, 6.07) is 11.5. The normalized spacial score (nSPS) is 10.6. The van der Waals surface area contributed by atoms with Crippen LogP contribution in [-0.2, 0) is 11.3 Å². The van der Waals surface area contributed by atoms with Gasteiger partial charge < -0.3 is 19.6 Å². The number of ether oxygens (including phenoxy) is 2. The molecule has 1 aromatic carbocycles. The molecule has 0 bridgehead atoms. The zero-order valence-electron chi connectivity index (χ0n) is 10.4. The predicted octanol–water partition coefficient (Wildman–Crippen LogP) is 2.43. The fraction of sp³-hybridized carbons (Fsp3) is 0.286. The van der Waals surface area contributed by atoms with Crippen LogP contribution in [0, 0.1) is 0 Å². The first-order valence-electron chi connectivity index (χ1n) is 5.85. The predicted molar refractivity (Wildman–Crippen MR) is 69.4 cm³/mol. The molecule has 96 valence electrons. The van der Waals surface area contributed by atoms with Crippen LogP contribution in [0.15, 0.2) is 40.8 Å². The maximum absolute atomic E-state index is 5.66. The van der Waals surface area contributed by atoms with Crippen LogP contribution < -0.4 is 10.5 Å². The average molecular weight is 247 g/mol. The summed E-state index contributed by atoms with van der Waals surface area (Å²) < 4.78 is 16.3. The lowest BCUT2D eigenvalue weighted by Gasteiger charge is -2.09. The van der Waals surface area contributed by atoms with Crippen molar-refractivity contribution in [3.8, 4) is 17.1 Å². The Labute approximate surface area is 106 Å². The van der Waals surface area contributed by atoms with Crippen LogP contribution in [0.4, 0.5) is 0 Å². The van der Waals surface area contributed by atoms with Gasteiger partial charge in [0.15, 0.2) is 0 Å². The molecule has 0 radical (unpaired) electrons. The Kier molecular flexibility index (Phi) is 4.39. The Hall–Kier alpha value is -1.78. The summed E-state index contributed by atoms with van der Waals surface area (Å²) >= 11 is 0. The fourth-order valence-electron chi connectivity index (χ4n) is 1.66. The highest BCUT2D eigenvalue weighted by Crippen LogP contribution is 2.31. The fourth-order valence-corrected chi connectivity index (χ4v) is 1.66. The first-order valence-corrected chi connectivity index (χ1v) is 5.85. The molecule has 2 rings (SSSR count). The third-order valence-electron chi connectivity index (χ3n) is 2.56. The van der Waals surface area contributed by atoms with E-state index in [1.54, 1.807) is 7.11 Å². The second-order valence-electron chi connectivity index (χ2n) is 3.81. The summed E-state index contributed by atoms with van der Waals surface area (Å²) in [4.78, 5) is 0. The lowest BCUT2D eigenvalue weighted by atomic mass is 10.1. The molecule has 0 atom stereocenters. The largest absolute Gasteiger partial charge is 0.490 e. The number of furan rings is 1. The second kappa shape index (κ2) is 6.23. The van der Waals surface area contributed by atoms with E-state index in [9.17, 15) is 0 Å². The van der Waals surface area contributed by atoms with Gasteiger partial charge in [0.2, 0.25) is 0 Å². The van der Waals surface area contributed by atoms with E-state index in [0.29, 0.717) is 19.8 Å². The molecule has 0 amide bonds. The summed E-state index contributed by atoms with van der Waals surface area (Å²) in [5.41, 5.74) is 6.46.